The lowest BCUT2D eigenvalue weighted by atomic mass is 9.80. The molecule has 1 atom stereocenters. The molecule has 1 aliphatic carbocycles. The number of carboxylic acid groups (broad SMARTS) is 1. The number of nitrogens with one attached hydrogen (secondary N) is 1. The number of ether oxygens (including phenoxy) is 2. The maximum absolute atomic E-state index is 12.9. The maximum atomic E-state index is 12.9. The first-order valence-electron chi connectivity index (χ1n) is 15.2. The zero-order valence-corrected chi connectivity index (χ0v) is 24.8. The molecular formula is C39H35NO5. The average Bonchev–Trinajstić information content (AvgIpc) is 3.41. The summed E-state index contributed by atoms with van der Waals surface area (Å²) in [7, 11) is 0. The molecule has 0 heterocycles. The molecule has 1 amide bonds. The second-order valence-corrected chi connectivity index (χ2v) is 11.1. The second-order valence-electron chi connectivity index (χ2n) is 11.1. The van der Waals surface area contributed by atoms with E-state index in [0.717, 1.165) is 38.9 Å². The fourth-order valence-electron chi connectivity index (χ4n) is 6.32. The lowest BCUT2D eigenvalue weighted by molar-refractivity contribution is -0.139. The number of fused-ring (bicyclic) bond motifs is 3. The molecule has 1 unspecified atom stereocenters. The largest absolute Gasteiger partial charge is 0.480 e. The molecule has 0 bridgehead atoms. The van der Waals surface area contributed by atoms with Gasteiger partial charge < -0.3 is 19.9 Å². The fraction of sp³-hybridized carbons (Fsp3) is 0.179. The van der Waals surface area contributed by atoms with Gasteiger partial charge >= 0.3 is 12.1 Å². The number of benzene rings is 5. The first kappa shape index (κ1) is 29.9. The molecule has 0 aromatic heterocycles. The molecule has 0 aliphatic heterocycles. The standard InChI is InChI=1S/C39H35NO5/c41-37(42)36(40-38(43)44-27-35-33-23-12-10-21-31(33)32-22-11-13-24-34(32)35)25-14-26-45-39(28-15-4-1-5-16-28,29-17-6-2-7-18-29)30-19-8-3-9-20-30/h1-13,15-24,35-36H,14,25-27H2,(H,40,43)(H,41,42). The molecule has 5 aromatic carbocycles. The Morgan fingerprint density at radius 2 is 1.11 bits per heavy atom. The number of hydrogen-bond acceptors (Lipinski definition) is 4. The number of alkyl carbamates (subject to hydrolysis) is 1. The van der Waals surface area contributed by atoms with Gasteiger partial charge in [0.15, 0.2) is 0 Å². The molecule has 6 rings (SSSR count). The highest BCUT2D eigenvalue weighted by Crippen LogP contribution is 2.44. The van der Waals surface area contributed by atoms with Gasteiger partial charge in [0, 0.05) is 12.5 Å². The molecule has 0 fully saturated rings. The van der Waals surface area contributed by atoms with Crippen LogP contribution in [0.4, 0.5) is 4.79 Å². The van der Waals surface area contributed by atoms with Gasteiger partial charge in [-0.15, -0.1) is 0 Å². The monoisotopic (exact) mass is 597 g/mol. The molecule has 5 aromatic rings. The number of amides is 1. The molecule has 226 valence electrons. The van der Waals surface area contributed by atoms with E-state index in [4.69, 9.17) is 9.47 Å². The Morgan fingerprint density at radius 3 is 1.58 bits per heavy atom. The first-order chi connectivity index (χ1) is 22.1. The van der Waals surface area contributed by atoms with E-state index in [1.165, 1.54) is 0 Å². The Kier molecular flexibility index (Phi) is 9.04. The molecule has 0 saturated heterocycles. The van der Waals surface area contributed by atoms with Crippen molar-refractivity contribution in [3.63, 3.8) is 0 Å². The van der Waals surface area contributed by atoms with Gasteiger partial charge in [0.25, 0.3) is 0 Å². The van der Waals surface area contributed by atoms with Crippen LogP contribution in [0, 0.1) is 0 Å². The quantitative estimate of drug-likeness (QED) is 0.113. The van der Waals surface area contributed by atoms with E-state index in [0.29, 0.717) is 6.42 Å². The van der Waals surface area contributed by atoms with E-state index >= 15 is 0 Å². The van der Waals surface area contributed by atoms with Crippen molar-refractivity contribution in [2.75, 3.05) is 13.2 Å². The zero-order valence-electron chi connectivity index (χ0n) is 24.8. The highest BCUT2D eigenvalue weighted by molar-refractivity contribution is 5.81. The summed E-state index contributed by atoms with van der Waals surface area (Å²) in [4.78, 5) is 25.0. The van der Waals surface area contributed by atoms with Crippen LogP contribution in [0.2, 0.25) is 0 Å². The van der Waals surface area contributed by atoms with Crippen LogP contribution in [0.1, 0.15) is 46.6 Å². The lowest BCUT2D eigenvalue weighted by Crippen LogP contribution is -2.41. The normalized spacial score (nSPS) is 13.0. The van der Waals surface area contributed by atoms with E-state index in [9.17, 15) is 14.7 Å². The highest BCUT2D eigenvalue weighted by atomic mass is 16.5. The summed E-state index contributed by atoms with van der Waals surface area (Å²) in [5.74, 6) is -1.23. The number of carbonyl (C=O) groups excluding carboxylic acids is 1. The van der Waals surface area contributed by atoms with Gasteiger partial charge in [-0.3, -0.25) is 0 Å². The lowest BCUT2D eigenvalue weighted by Gasteiger charge is -2.36. The Balaban J connectivity index is 1.12. The van der Waals surface area contributed by atoms with E-state index in [1.54, 1.807) is 0 Å². The number of carboxylic acids is 1. The van der Waals surface area contributed by atoms with Gasteiger partial charge in [0.2, 0.25) is 0 Å². The van der Waals surface area contributed by atoms with Crippen molar-refractivity contribution >= 4 is 12.1 Å². The van der Waals surface area contributed by atoms with Gasteiger partial charge in [-0.1, -0.05) is 140 Å². The molecule has 6 heteroatoms. The van der Waals surface area contributed by atoms with Crippen LogP contribution in [0.25, 0.3) is 11.1 Å². The van der Waals surface area contributed by atoms with Gasteiger partial charge in [0.1, 0.15) is 18.2 Å². The topological polar surface area (TPSA) is 84.9 Å². The summed E-state index contributed by atoms with van der Waals surface area (Å²) in [6, 6.07) is 45.1. The molecule has 2 N–H and O–H groups in total. The number of aliphatic carboxylic acids is 1. The molecule has 0 saturated carbocycles. The van der Waals surface area contributed by atoms with E-state index < -0.39 is 23.7 Å². The van der Waals surface area contributed by atoms with Crippen LogP contribution < -0.4 is 5.32 Å². The van der Waals surface area contributed by atoms with Gasteiger partial charge in [-0.25, -0.2) is 9.59 Å². The predicted octanol–water partition coefficient (Wildman–Crippen LogP) is 7.77. The minimum atomic E-state index is -1.12. The van der Waals surface area contributed by atoms with E-state index in [-0.39, 0.29) is 25.6 Å². The fourth-order valence-corrected chi connectivity index (χ4v) is 6.32. The average molecular weight is 598 g/mol. The third kappa shape index (κ3) is 6.24. The molecule has 0 spiro atoms. The van der Waals surface area contributed by atoms with Crippen molar-refractivity contribution in [2.24, 2.45) is 0 Å². The van der Waals surface area contributed by atoms with Crippen molar-refractivity contribution < 1.29 is 24.2 Å². The van der Waals surface area contributed by atoms with Gasteiger partial charge in [0.05, 0.1) is 0 Å². The Labute approximate surface area is 263 Å². The SMILES string of the molecule is O=C(NC(CCCOC(c1ccccc1)(c1ccccc1)c1ccccc1)C(=O)O)OCC1c2ccccc2-c2ccccc21. The van der Waals surface area contributed by atoms with Crippen LogP contribution >= 0.6 is 0 Å². The van der Waals surface area contributed by atoms with Crippen LogP contribution in [-0.2, 0) is 19.9 Å². The molecule has 6 nitrogen and oxygen atoms in total. The Hall–Kier alpha value is -5.20. The third-order valence-corrected chi connectivity index (χ3v) is 8.43. The van der Waals surface area contributed by atoms with Crippen molar-refractivity contribution in [3.8, 4) is 11.1 Å². The van der Waals surface area contributed by atoms with E-state index in [2.05, 4.69) is 17.4 Å². The van der Waals surface area contributed by atoms with Crippen LogP contribution in [-0.4, -0.2) is 36.4 Å². The zero-order chi connectivity index (χ0) is 31.1. The van der Waals surface area contributed by atoms with Crippen LogP contribution in [0.3, 0.4) is 0 Å². The maximum Gasteiger partial charge on any atom is 0.407 e. The van der Waals surface area contributed by atoms with Crippen LogP contribution in [0.15, 0.2) is 140 Å². The summed E-state index contributed by atoms with van der Waals surface area (Å²) < 4.78 is 12.4. The highest BCUT2D eigenvalue weighted by Gasteiger charge is 2.37. The molecular weight excluding hydrogens is 562 g/mol. The molecule has 45 heavy (non-hydrogen) atoms. The van der Waals surface area contributed by atoms with Crippen LogP contribution in [0.5, 0.6) is 0 Å². The summed E-state index contributed by atoms with van der Waals surface area (Å²) in [5, 5.41) is 12.5. The van der Waals surface area contributed by atoms with Crippen molar-refractivity contribution in [1.29, 1.82) is 0 Å². The van der Waals surface area contributed by atoms with Crippen molar-refractivity contribution in [3.05, 3.63) is 167 Å². The predicted molar refractivity (Wildman–Crippen MR) is 174 cm³/mol. The second kappa shape index (κ2) is 13.6. The Bertz CT molecular complexity index is 1600. The molecule has 1 aliphatic rings. The van der Waals surface area contributed by atoms with E-state index in [1.807, 2.05) is 127 Å². The third-order valence-electron chi connectivity index (χ3n) is 8.43. The first-order valence-corrected chi connectivity index (χ1v) is 15.2. The minimum absolute atomic E-state index is 0.109. The summed E-state index contributed by atoms with van der Waals surface area (Å²) in [6.45, 7) is 0.373. The smallest absolute Gasteiger partial charge is 0.407 e. The van der Waals surface area contributed by atoms with Gasteiger partial charge in [-0.05, 0) is 51.8 Å². The van der Waals surface area contributed by atoms with Crippen molar-refractivity contribution in [2.45, 2.75) is 30.4 Å². The Morgan fingerprint density at radius 1 is 0.667 bits per heavy atom. The summed E-state index contributed by atoms with van der Waals surface area (Å²) in [6.07, 6.45) is -0.180. The van der Waals surface area contributed by atoms with Gasteiger partial charge in [-0.2, -0.15) is 0 Å². The summed E-state index contributed by atoms with van der Waals surface area (Å²) >= 11 is 0. The minimum Gasteiger partial charge on any atom is -0.480 e. The van der Waals surface area contributed by atoms with Crippen molar-refractivity contribution in [1.82, 2.24) is 5.32 Å². The number of hydrogen-bond donors (Lipinski definition) is 2. The molecule has 0 radical (unpaired) electrons. The summed E-state index contributed by atoms with van der Waals surface area (Å²) in [5.41, 5.74) is 6.44. The number of rotatable bonds is 12. The number of carbonyl (C=O) groups is 2.